The molecule has 0 amide bonds. The predicted molar refractivity (Wildman–Crippen MR) is 101 cm³/mol. The molecule has 1 heterocycles. The number of hydrogen-bond acceptors (Lipinski definition) is 6. The second-order valence-electron chi connectivity index (χ2n) is 6.23. The average molecular weight is 404 g/mol. The minimum Gasteiger partial charge on any atom is -0.366 e. The SMILES string of the molecule is Cn1ccnc1[C@H](Nc1ccc(S(C)(=O)=O)cc1[N+](=O)[O-])c1ccc(F)cc1. The largest absolute Gasteiger partial charge is 0.366 e. The summed E-state index contributed by atoms with van der Waals surface area (Å²) in [6.45, 7) is 0. The number of rotatable bonds is 6. The van der Waals surface area contributed by atoms with Gasteiger partial charge in [-0.25, -0.2) is 17.8 Å². The third-order valence-electron chi connectivity index (χ3n) is 4.21. The smallest absolute Gasteiger partial charge is 0.293 e. The third-order valence-corrected chi connectivity index (χ3v) is 5.32. The molecule has 0 saturated carbocycles. The molecule has 0 aliphatic carbocycles. The first-order chi connectivity index (χ1) is 13.2. The molecule has 8 nitrogen and oxygen atoms in total. The first-order valence-corrected chi connectivity index (χ1v) is 10.0. The van der Waals surface area contributed by atoms with Crippen molar-refractivity contribution in [1.29, 1.82) is 0 Å². The minimum atomic E-state index is -3.60. The van der Waals surface area contributed by atoms with Gasteiger partial charge in [0.2, 0.25) is 0 Å². The maximum absolute atomic E-state index is 13.3. The van der Waals surface area contributed by atoms with Crippen LogP contribution in [0.3, 0.4) is 0 Å². The van der Waals surface area contributed by atoms with E-state index in [-0.39, 0.29) is 16.3 Å². The van der Waals surface area contributed by atoms with E-state index < -0.39 is 26.6 Å². The van der Waals surface area contributed by atoms with Crippen LogP contribution in [0.1, 0.15) is 17.4 Å². The van der Waals surface area contributed by atoms with Crippen molar-refractivity contribution in [1.82, 2.24) is 9.55 Å². The Hall–Kier alpha value is -3.27. The van der Waals surface area contributed by atoms with E-state index in [1.165, 1.54) is 24.3 Å². The fourth-order valence-electron chi connectivity index (χ4n) is 2.78. The Morgan fingerprint density at radius 3 is 2.43 bits per heavy atom. The highest BCUT2D eigenvalue weighted by Gasteiger charge is 2.24. The lowest BCUT2D eigenvalue weighted by Crippen LogP contribution is -2.17. The molecule has 0 saturated heterocycles. The van der Waals surface area contributed by atoms with Crippen LogP contribution in [0.15, 0.2) is 59.8 Å². The molecule has 1 atom stereocenters. The van der Waals surface area contributed by atoms with Gasteiger partial charge in [-0.1, -0.05) is 12.1 Å². The second kappa shape index (κ2) is 7.39. The van der Waals surface area contributed by atoms with Crippen molar-refractivity contribution in [2.45, 2.75) is 10.9 Å². The third kappa shape index (κ3) is 4.01. The lowest BCUT2D eigenvalue weighted by molar-refractivity contribution is -0.384. The number of aryl methyl sites for hydroxylation is 1. The van der Waals surface area contributed by atoms with Gasteiger partial charge >= 0.3 is 0 Å². The number of nitro benzene ring substituents is 1. The van der Waals surface area contributed by atoms with Gasteiger partial charge in [0.25, 0.3) is 5.69 Å². The van der Waals surface area contributed by atoms with Crippen LogP contribution >= 0.6 is 0 Å². The molecular weight excluding hydrogens is 387 g/mol. The van der Waals surface area contributed by atoms with Crippen molar-refractivity contribution in [2.24, 2.45) is 7.05 Å². The molecule has 0 aliphatic heterocycles. The van der Waals surface area contributed by atoms with Crippen molar-refractivity contribution in [3.8, 4) is 0 Å². The zero-order chi connectivity index (χ0) is 20.5. The number of halogens is 1. The van der Waals surface area contributed by atoms with Gasteiger partial charge in [0.15, 0.2) is 9.84 Å². The summed E-state index contributed by atoms with van der Waals surface area (Å²) in [5.41, 5.74) is 0.371. The van der Waals surface area contributed by atoms with E-state index in [0.717, 1.165) is 12.3 Å². The molecule has 1 N–H and O–H groups in total. The Morgan fingerprint density at radius 1 is 1.21 bits per heavy atom. The number of aromatic nitrogens is 2. The molecule has 0 unspecified atom stereocenters. The Labute approximate surface area is 160 Å². The van der Waals surface area contributed by atoms with Gasteiger partial charge < -0.3 is 9.88 Å². The molecule has 0 radical (unpaired) electrons. The number of sulfone groups is 1. The first kappa shape index (κ1) is 19.5. The molecule has 28 heavy (non-hydrogen) atoms. The van der Waals surface area contributed by atoms with Gasteiger partial charge in [-0.2, -0.15) is 0 Å². The second-order valence-corrected chi connectivity index (χ2v) is 8.25. The molecule has 10 heteroatoms. The van der Waals surface area contributed by atoms with Crippen molar-refractivity contribution in [3.05, 3.63) is 82.2 Å². The monoisotopic (exact) mass is 404 g/mol. The van der Waals surface area contributed by atoms with E-state index in [2.05, 4.69) is 10.3 Å². The summed E-state index contributed by atoms with van der Waals surface area (Å²) in [5, 5.41) is 14.6. The highest BCUT2D eigenvalue weighted by Crippen LogP contribution is 2.33. The zero-order valence-electron chi connectivity index (χ0n) is 15.0. The van der Waals surface area contributed by atoms with E-state index in [1.807, 2.05) is 0 Å². The minimum absolute atomic E-state index is 0.120. The maximum Gasteiger partial charge on any atom is 0.293 e. The summed E-state index contributed by atoms with van der Waals surface area (Å²) in [7, 11) is -1.84. The average Bonchev–Trinajstić information content (AvgIpc) is 3.05. The molecule has 0 fully saturated rings. The quantitative estimate of drug-likeness (QED) is 0.500. The first-order valence-electron chi connectivity index (χ1n) is 8.14. The highest BCUT2D eigenvalue weighted by molar-refractivity contribution is 7.90. The number of anilines is 1. The number of nitro groups is 1. The van der Waals surface area contributed by atoms with E-state index >= 15 is 0 Å². The fourth-order valence-corrected chi connectivity index (χ4v) is 3.42. The van der Waals surface area contributed by atoms with Gasteiger partial charge in [0.1, 0.15) is 23.4 Å². The van der Waals surface area contributed by atoms with E-state index in [0.29, 0.717) is 11.4 Å². The van der Waals surface area contributed by atoms with Crippen LogP contribution < -0.4 is 5.32 Å². The molecule has 0 spiro atoms. The molecule has 2 aromatic carbocycles. The van der Waals surface area contributed by atoms with E-state index in [1.54, 1.807) is 36.1 Å². The number of benzene rings is 2. The number of nitrogens with one attached hydrogen (secondary N) is 1. The zero-order valence-corrected chi connectivity index (χ0v) is 15.9. The van der Waals surface area contributed by atoms with Gasteiger partial charge in [-0.05, 0) is 29.8 Å². The molecular formula is C18H17FN4O4S. The van der Waals surface area contributed by atoms with Crippen LogP contribution in [0, 0.1) is 15.9 Å². The van der Waals surface area contributed by atoms with Crippen LogP contribution in [0.5, 0.6) is 0 Å². The van der Waals surface area contributed by atoms with Crippen molar-refractivity contribution in [3.63, 3.8) is 0 Å². The fraction of sp³-hybridized carbons (Fsp3) is 0.167. The molecule has 0 bridgehead atoms. The van der Waals surface area contributed by atoms with Crippen LogP contribution in [-0.2, 0) is 16.9 Å². The Balaban J connectivity index is 2.10. The highest BCUT2D eigenvalue weighted by atomic mass is 32.2. The summed E-state index contributed by atoms with van der Waals surface area (Å²) in [6, 6.07) is 8.71. The van der Waals surface area contributed by atoms with Crippen molar-refractivity contribution < 1.29 is 17.7 Å². The Morgan fingerprint density at radius 2 is 1.89 bits per heavy atom. The number of nitrogens with zero attached hydrogens (tertiary/aromatic N) is 3. The number of imidazole rings is 1. The van der Waals surface area contributed by atoms with Crippen LogP contribution in [0.4, 0.5) is 15.8 Å². The molecule has 146 valence electrons. The maximum atomic E-state index is 13.3. The van der Waals surface area contributed by atoms with Gasteiger partial charge in [-0.15, -0.1) is 0 Å². The summed E-state index contributed by atoms with van der Waals surface area (Å²) < 4.78 is 38.5. The molecule has 0 aliphatic rings. The lowest BCUT2D eigenvalue weighted by atomic mass is 10.1. The van der Waals surface area contributed by atoms with Gasteiger partial charge in [-0.3, -0.25) is 10.1 Å². The summed E-state index contributed by atoms with van der Waals surface area (Å²) in [6.07, 6.45) is 4.28. The van der Waals surface area contributed by atoms with Gasteiger partial charge in [0, 0.05) is 31.8 Å². The summed E-state index contributed by atoms with van der Waals surface area (Å²) in [4.78, 5) is 15.0. The van der Waals surface area contributed by atoms with E-state index in [4.69, 9.17) is 0 Å². The van der Waals surface area contributed by atoms with Crippen LogP contribution in [0.25, 0.3) is 0 Å². The van der Waals surface area contributed by atoms with Gasteiger partial charge in [0.05, 0.1) is 9.82 Å². The molecule has 3 rings (SSSR count). The number of hydrogen-bond donors (Lipinski definition) is 1. The topological polar surface area (TPSA) is 107 Å². The predicted octanol–water partition coefficient (Wildman–Crippen LogP) is 3.07. The van der Waals surface area contributed by atoms with Crippen LogP contribution in [0.2, 0.25) is 0 Å². The Kier molecular flexibility index (Phi) is 5.14. The van der Waals surface area contributed by atoms with Crippen molar-refractivity contribution in [2.75, 3.05) is 11.6 Å². The lowest BCUT2D eigenvalue weighted by Gasteiger charge is -2.20. The Bertz CT molecular complexity index is 1130. The summed E-state index contributed by atoms with van der Waals surface area (Å²) in [5.74, 6) is 0.138. The molecule has 1 aromatic heterocycles. The van der Waals surface area contributed by atoms with Crippen molar-refractivity contribution >= 4 is 21.2 Å². The summed E-state index contributed by atoms with van der Waals surface area (Å²) >= 11 is 0. The normalized spacial score (nSPS) is 12.5. The molecule has 3 aromatic rings. The standard InChI is InChI=1S/C18H17FN4O4S/c1-22-10-9-20-18(22)17(12-3-5-13(19)6-4-12)21-15-8-7-14(28(2,26)27)11-16(15)23(24)25/h3-11,17,21H,1-2H3/t17-/m1/s1. The van der Waals surface area contributed by atoms with Crippen LogP contribution in [-0.4, -0.2) is 29.1 Å². The van der Waals surface area contributed by atoms with E-state index in [9.17, 15) is 22.9 Å².